The van der Waals surface area contributed by atoms with Crippen LogP contribution in [0.2, 0.25) is 0 Å². The van der Waals surface area contributed by atoms with E-state index in [4.69, 9.17) is 4.65 Å². The van der Waals surface area contributed by atoms with Crippen LogP contribution in [0.15, 0.2) is 30.3 Å². The van der Waals surface area contributed by atoms with E-state index in [1.165, 1.54) is 0 Å². The Morgan fingerprint density at radius 1 is 1.37 bits per heavy atom. The normalized spacial score (nSPS) is 23.6. The Hall–Kier alpha value is -1.33. The molecule has 1 heterocycles. The lowest BCUT2D eigenvalue weighted by Gasteiger charge is -2.32. The van der Waals surface area contributed by atoms with Crippen molar-refractivity contribution in [3.05, 3.63) is 35.9 Å². The maximum atomic E-state index is 12.0. The van der Waals surface area contributed by atoms with Crippen molar-refractivity contribution in [1.82, 2.24) is 5.32 Å². The fraction of sp³-hybridized carbons (Fsp3) is 0.500. The first-order chi connectivity index (χ1) is 9.06. The van der Waals surface area contributed by atoms with E-state index in [0.717, 1.165) is 5.56 Å². The van der Waals surface area contributed by atoms with Crippen LogP contribution < -0.4 is 5.32 Å². The Kier molecular flexibility index (Phi) is 4.61. The third kappa shape index (κ3) is 3.82. The van der Waals surface area contributed by atoms with Crippen molar-refractivity contribution >= 4 is 13.0 Å². The van der Waals surface area contributed by atoms with Crippen molar-refractivity contribution in [2.75, 3.05) is 0 Å². The van der Waals surface area contributed by atoms with E-state index >= 15 is 0 Å². The Labute approximate surface area is 114 Å². The standard InChI is InChI=1S/C14H20BNO3/c1-10(2)8-13-15(18)19-12(14(17)16-13)9-11-6-4-3-5-7-11/h3-7,10,12-13,18H,8-9H2,1-2H3,(H,16,17)/t12-,13+/m1/s1. The van der Waals surface area contributed by atoms with Crippen LogP contribution in [0.25, 0.3) is 0 Å². The zero-order valence-corrected chi connectivity index (χ0v) is 11.4. The summed E-state index contributed by atoms with van der Waals surface area (Å²) in [6.45, 7) is 4.10. The molecule has 4 nitrogen and oxygen atoms in total. The molecule has 19 heavy (non-hydrogen) atoms. The number of carbonyl (C=O) groups excluding carboxylic acids is 1. The van der Waals surface area contributed by atoms with E-state index in [0.29, 0.717) is 18.8 Å². The minimum Gasteiger partial charge on any atom is -0.426 e. The Balaban J connectivity index is 1.96. The molecule has 102 valence electrons. The van der Waals surface area contributed by atoms with Crippen LogP contribution in [0.4, 0.5) is 0 Å². The molecule has 0 radical (unpaired) electrons. The summed E-state index contributed by atoms with van der Waals surface area (Å²) in [7, 11) is -0.922. The van der Waals surface area contributed by atoms with E-state index in [9.17, 15) is 9.82 Å². The first-order valence-corrected chi connectivity index (χ1v) is 6.74. The number of amides is 1. The first kappa shape index (κ1) is 14.1. The van der Waals surface area contributed by atoms with Gasteiger partial charge in [0.2, 0.25) is 5.91 Å². The van der Waals surface area contributed by atoms with Gasteiger partial charge in [0.1, 0.15) is 6.10 Å². The SMILES string of the molecule is CC(C)C[C@@H]1NC(=O)[C@@H](Cc2ccccc2)OB1O. The molecule has 1 aliphatic rings. The summed E-state index contributed by atoms with van der Waals surface area (Å²) < 4.78 is 5.46. The second-order valence-electron chi connectivity index (χ2n) is 5.45. The van der Waals surface area contributed by atoms with Gasteiger partial charge in [0.15, 0.2) is 0 Å². The lowest BCUT2D eigenvalue weighted by atomic mass is 9.72. The van der Waals surface area contributed by atoms with E-state index in [1.54, 1.807) is 0 Å². The molecule has 5 heteroatoms. The smallest absolute Gasteiger partial charge is 0.426 e. The maximum Gasteiger partial charge on any atom is 0.478 e. The van der Waals surface area contributed by atoms with Crippen LogP contribution in [0.5, 0.6) is 0 Å². The minimum atomic E-state index is -0.922. The molecule has 1 amide bonds. The molecule has 0 aliphatic carbocycles. The third-order valence-corrected chi connectivity index (χ3v) is 3.26. The Bertz CT molecular complexity index is 424. The van der Waals surface area contributed by atoms with Crippen molar-refractivity contribution in [1.29, 1.82) is 0 Å². The average molecular weight is 261 g/mol. The minimum absolute atomic E-state index is 0.139. The monoisotopic (exact) mass is 261 g/mol. The molecule has 1 aliphatic heterocycles. The summed E-state index contributed by atoms with van der Waals surface area (Å²) in [6, 6.07) is 9.67. The average Bonchev–Trinajstić information content (AvgIpc) is 2.36. The van der Waals surface area contributed by atoms with Crippen molar-refractivity contribution in [2.45, 2.75) is 38.7 Å². The fourth-order valence-electron chi connectivity index (χ4n) is 2.32. The molecular formula is C14H20BNO3. The fourth-order valence-corrected chi connectivity index (χ4v) is 2.32. The predicted molar refractivity (Wildman–Crippen MR) is 74.4 cm³/mol. The van der Waals surface area contributed by atoms with Crippen LogP contribution in [0.1, 0.15) is 25.8 Å². The van der Waals surface area contributed by atoms with Gasteiger partial charge in [-0.2, -0.15) is 0 Å². The molecule has 0 aromatic heterocycles. The van der Waals surface area contributed by atoms with Crippen molar-refractivity contribution < 1.29 is 14.5 Å². The van der Waals surface area contributed by atoms with Gasteiger partial charge in [-0.1, -0.05) is 44.2 Å². The van der Waals surface area contributed by atoms with Crippen molar-refractivity contribution in [3.63, 3.8) is 0 Å². The first-order valence-electron chi connectivity index (χ1n) is 6.74. The Morgan fingerprint density at radius 2 is 2.05 bits per heavy atom. The van der Waals surface area contributed by atoms with Gasteiger partial charge in [-0.25, -0.2) is 0 Å². The Morgan fingerprint density at radius 3 is 2.68 bits per heavy atom. The van der Waals surface area contributed by atoms with Gasteiger partial charge in [-0.05, 0) is 17.9 Å². The van der Waals surface area contributed by atoms with E-state index in [1.807, 2.05) is 30.3 Å². The molecule has 0 spiro atoms. The topological polar surface area (TPSA) is 58.6 Å². The molecule has 2 N–H and O–H groups in total. The lowest BCUT2D eigenvalue weighted by Crippen LogP contribution is -2.59. The third-order valence-electron chi connectivity index (χ3n) is 3.26. The van der Waals surface area contributed by atoms with Gasteiger partial charge in [0.25, 0.3) is 0 Å². The number of benzene rings is 1. The van der Waals surface area contributed by atoms with Crippen LogP contribution in [-0.4, -0.2) is 30.1 Å². The second-order valence-corrected chi connectivity index (χ2v) is 5.45. The molecule has 1 saturated heterocycles. The summed E-state index contributed by atoms with van der Waals surface area (Å²) in [6.07, 6.45) is 0.587. The molecule has 0 unspecified atom stereocenters. The molecule has 1 aromatic carbocycles. The van der Waals surface area contributed by atoms with E-state index < -0.39 is 13.2 Å². The molecule has 2 atom stereocenters. The largest absolute Gasteiger partial charge is 0.478 e. The van der Waals surface area contributed by atoms with E-state index in [-0.39, 0.29) is 11.8 Å². The summed E-state index contributed by atoms with van der Waals surface area (Å²) >= 11 is 0. The molecule has 0 bridgehead atoms. The number of carbonyl (C=O) groups is 1. The molecule has 1 fully saturated rings. The maximum absolute atomic E-state index is 12.0. The lowest BCUT2D eigenvalue weighted by molar-refractivity contribution is -0.131. The summed E-state index contributed by atoms with van der Waals surface area (Å²) in [5, 5.41) is 12.8. The highest BCUT2D eigenvalue weighted by Crippen LogP contribution is 2.16. The molecule has 2 rings (SSSR count). The van der Waals surface area contributed by atoms with Gasteiger partial charge in [-0.3, -0.25) is 4.79 Å². The summed E-state index contributed by atoms with van der Waals surface area (Å²) in [5.74, 6) is -0.0476. The van der Waals surface area contributed by atoms with Crippen LogP contribution >= 0.6 is 0 Å². The zero-order chi connectivity index (χ0) is 13.8. The quantitative estimate of drug-likeness (QED) is 0.800. The highest BCUT2D eigenvalue weighted by molar-refractivity contribution is 6.46. The predicted octanol–water partition coefficient (Wildman–Crippen LogP) is 1.18. The van der Waals surface area contributed by atoms with Gasteiger partial charge in [0.05, 0.1) is 5.94 Å². The molecule has 0 saturated carbocycles. The zero-order valence-electron chi connectivity index (χ0n) is 11.4. The van der Waals surface area contributed by atoms with Crippen LogP contribution in [0.3, 0.4) is 0 Å². The highest BCUT2D eigenvalue weighted by Gasteiger charge is 2.39. The number of rotatable bonds is 4. The van der Waals surface area contributed by atoms with Crippen LogP contribution in [0, 0.1) is 5.92 Å². The number of nitrogens with one attached hydrogen (secondary N) is 1. The summed E-state index contributed by atoms with van der Waals surface area (Å²) in [5.41, 5.74) is 1.03. The molecule has 1 aromatic rings. The summed E-state index contributed by atoms with van der Waals surface area (Å²) in [4.78, 5) is 12.0. The van der Waals surface area contributed by atoms with Crippen LogP contribution in [-0.2, 0) is 15.9 Å². The van der Waals surface area contributed by atoms with E-state index in [2.05, 4.69) is 19.2 Å². The molecular weight excluding hydrogens is 241 g/mol. The van der Waals surface area contributed by atoms with Gasteiger partial charge >= 0.3 is 7.12 Å². The van der Waals surface area contributed by atoms with Crippen molar-refractivity contribution in [2.24, 2.45) is 5.92 Å². The van der Waals surface area contributed by atoms with Gasteiger partial charge in [0, 0.05) is 6.42 Å². The van der Waals surface area contributed by atoms with Gasteiger partial charge in [-0.15, -0.1) is 0 Å². The number of hydrogen-bond acceptors (Lipinski definition) is 3. The highest BCUT2D eigenvalue weighted by atomic mass is 16.5. The van der Waals surface area contributed by atoms with Gasteiger partial charge < -0.3 is 15.0 Å². The number of hydrogen-bond donors (Lipinski definition) is 2. The second kappa shape index (κ2) is 6.22. The van der Waals surface area contributed by atoms with Crippen molar-refractivity contribution in [3.8, 4) is 0 Å².